The first-order valence-corrected chi connectivity index (χ1v) is 5.24. The van der Waals surface area contributed by atoms with Crippen LogP contribution in [0.25, 0.3) is 0 Å². The van der Waals surface area contributed by atoms with Gasteiger partial charge in [0, 0.05) is 12.2 Å². The molecule has 92 valence electrons. The largest absolute Gasteiger partial charge is 0.416 e. The monoisotopic (exact) mass is 243 g/mol. The van der Waals surface area contributed by atoms with Gasteiger partial charge in [0.05, 0.1) is 18.7 Å². The highest BCUT2D eigenvalue weighted by atomic mass is 19.4. The van der Waals surface area contributed by atoms with Crippen LogP contribution < -0.4 is 10.6 Å². The zero-order valence-electron chi connectivity index (χ0n) is 9.01. The molecule has 0 saturated carbocycles. The number of nitrogens with one attached hydrogen (secondary N) is 2. The van der Waals surface area contributed by atoms with Gasteiger partial charge in [-0.25, -0.2) is 0 Å². The van der Waals surface area contributed by atoms with Gasteiger partial charge in [-0.1, -0.05) is 6.07 Å². The van der Waals surface area contributed by atoms with E-state index in [1.54, 1.807) is 6.07 Å². The molecule has 2 N–H and O–H groups in total. The van der Waals surface area contributed by atoms with Gasteiger partial charge in [-0.2, -0.15) is 13.2 Å². The van der Waals surface area contributed by atoms with Crippen molar-refractivity contribution in [3.05, 3.63) is 29.8 Å². The van der Waals surface area contributed by atoms with Gasteiger partial charge in [-0.3, -0.25) is 4.99 Å². The van der Waals surface area contributed by atoms with Crippen LogP contribution in [0, 0.1) is 0 Å². The molecule has 0 saturated heterocycles. The molecule has 1 aliphatic rings. The van der Waals surface area contributed by atoms with Crippen LogP contribution in [0.5, 0.6) is 0 Å². The van der Waals surface area contributed by atoms with Crippen LogP contribution in [0.3, 0.4) is 0 Å². The van der Waals surface area contributed by atoms with E-state index >= 15 is 0 Å². The first-order valence-electron chi connectivity index (χ1n) is 5.24. The number of amidine groups is 1. The summed E-state index contributed by atoms with van der Waals surface area (Å²) < 4.78 is 37.3. The average Bonchev–Trinajstić information content (AvgIpc) is 2.78. The maximum Gasteiger partial charge on any atom is 0.416 e. The topological polar surface area (TPSA) is 36.4 Å². The Morgan fingerprint density at radius 1 is 1.35 bits per heavy atom. The number of halogens is 3. The fourth-order valence-corrected chi connectivity index (χ4v) is 1.56. The number of benzene rings is 1. The number of rotatable bonds is 3. The van der Waals surface area contributed by atoms with Crippen LogP contribution in [0.2, 0.25) is 0 Å². The molecule has 0 aromatic heterocycles. The van der Waals surface area contributed by atoms with Gasteiger partial charge < -0.3 is 10.6 Å². The van der Waals surface area contributed by atoms with E-state index in [4.69, 9.17) is 0 Å². The maximum absolute atomic E-state index is 12.4. The standard InChI is InChI=1S/C11H12F3N3/c12-11(13,14)8-2-1-3-9(6-8)17-7-10-15-4-5-16-10/h1-3,6,17H,4-5,7H2,(H,15,16). The highest BCUT2D eigenvalue weighted by Gasteiger charge is 2.30. The predicted octanol–water partition coefficient (Wildman–Crippen LogP) is 2.12. The first kappa shape index (κ1) is 11.8. The minimum absolute atomic E-state index is 0.418. The van der Waals surface area contributed by atoms with E-state index in [1.165, 1.54) is 6.07 Å². The van der Waals surface area contributed by atoms with Gasteiger partial charge in [0.25, 0.3) is 0 Å². The van der Waals surface area contributed by atoms with Crippen LogP contribution in [0.4, 0.5) is 18.9 Å². The molecule has 3 nitrogen and oxygen atoms in total. The second kappa shape index (κ2) is 4.65. The Morgan fingerprint density at radius 2 is 2.18 bits per heavy atom. The molecule has 17 heavy (non-hydrogen) atoms. The minimum Gasteiger partial charge on any atom is -0.378 e. The summed E-state index contributed by atoms with van der Waals surface area (Å²) in [5.41, 5.74) is -0.208. The van der Waals surface area contributed by atoms with Crippen molar-refractivity contribution < 1.29 is 13.2 Å². The molecule has 6 heteroatoms. The number of anilines is 1. The lowest BCUT2D eigenvalue weighted by Crippen LogP contribution is -2.26. The van der Waals surface area contributed by atoms with E-state index in [0.29, 0.717) is 12.2 Å². The van der Waals surface area contributed by atoms with Crippen molar-refractivity contribution in [1.82, 2.24) is 5.32 Å². The molecular weight excluding hydrogens is 231 g/mol. The second-order valence-electron chi connectivity index (χ2n) is 3.69. The summed E-state index contributed by atoms with van der Waals surface area (Å²) in [6, 6.07) is 5.13. The summed E-state index contributed by atoms with van der Waals surface area (Å²) in [4.78, 5) is 4.14. The zero-order chi connectivity index (χ0) is 12.3. The Kier molecular flexibility index (Phi) is 3.21. The van der Waals surface area contributed by atoms with Gasteiger partial charge in [-0.05, 0) is 18.2 Å². The van der Waals surface area contributed by atoms with Crippen molar-refractivity contribution in [2.75, 3.05) is 25.0 Å². The normalized spacial score (nSPS) is 15.4. The number of hydrogen-bond acceptors (Lipinski definition) is 3. The summed E-state index contributed by atoms with van der Waals surface area (Å²) in [6.45, 7) is 1.93. The minimum atomic E-state index is -4.30. The lowest BCUT2D eigenvalue weighted by atomic mass is 10.2. The molecule has 0 fully saturated rings. The van der Waals surface area contributed by atoms with Crippen molar-refractivity contribution >= 4 is 11.5 Å². The Labute approximate surface area is 96.7 Å². The molecule has 0 spiro atoms. The third-order valence-electron chi connectivity index (χ3n) is 2.39. The number of aliphatic imine (C=N–C) groups is 1. The van der Waals surface area contributed by atoms with Gasteiger partial charge in [0.1, 0.15) is 5.84 Å². The van der Waals surface area contributed by atoms with Crippen molar-refractivity contribution in [2.45, 2.75) is 6.18 Å². The zero-order valence-corrected chi connectivity index (χ0v) is 9.01. The molecule has 1 aromatic rings. The maximum atomic E-state index is 12.4. The van der Waals surface area contributed by atoms with Crippen LogP contribution >= 0.6 is 0 Å². The molecule has 0 radical (unpaired) electrons. The van der Waals surface area contributed by atoms with Crippen LogP contribution in [-0.2, 0) is 6.18 Å². The Bertz CT molecular complexity index is 426. The molecule has 2 rings (SSSR count). The molecule has 1 heterocycles. The lowest BCUT2D eigenvalue weighted by molar-refractivity contribution is -0.137. The Hall–Kier alpha value is -1.72. The molecule has 0 bridgehead atoms. The molecule has 0 atom stereocenters. The first-order chi connectivity index (χ1) is 8.05. The number of alkyl halides is 3. The van der Waals surface area contributed by atoms with Gasteiger partial charge in [0.2, 0.25) is 0 Å². The Balaban J connectivity index is 2.01. The van der Waals surface area contributed by atoms with E-state index in [2.05, 4.69) is 15.6 Å². The summed E-state index contributed by atoms with van der Waals surface area (Å²) >= 11 is 0. The molecule has 0 aliphatic carbocycles. The van der Waals surface area contributed by atoms with E-state index < -0.39 is 11.7 Å². The predicted molar refractivity (Wildman–Crippen MR) is 60.2 cm³/mol. The van der Waals surface area contributed by atoms with Crippen molar-refractivity contribution in [2.24, 2.45) is 4.99 Å². The van der Waals surface area contributed by atoms with Crippen molar-refractivity contribution in [3.63, 3.8) is 0 Å². The van der Waals surface area contributed by atoms with E-state index in [9.17, 15) is 13.2 Å². The highest BCUT2D eigenvalue weighted by Crippen LogP contribution is 2.30. The van der Waals surface area contributed by atoms with Crippen LogP contribution in [0.15, 0.2) is 29.3 Å². The summed E-state index contributed by atoms with van der Waals surface area (Å²) in [6.07, 6.45) is -4.30. The molecule has 1 aromatic carbocycles. The molecule has 1 aliphatic heterocycles. The summed E-state index contributed by atoms with van der Waals surface area (Å²) in [7, 11) is 0. The summed E-state index contributed by atoms with van der Waals surface area (Å²) in [5.74, 6) is 0.780. The molecule has 0 unspecified atom stereocenters. The van der Waals surface area contributed by atoms with E-state index in [0.717, 1.165) is 31.1 Å². The fourth-order valence-electron chi connectivity index (χ4n) is 1.56. The van der Waals surface area contributed by atoms with Gasteiger partial charge in [0.15, 0.2) is 0 Å². The average molecular weight is 243 g/mol. The summed E-state index contributed by atoms with van der Waals surface area (Å²) in [5, 5.41) is 5.94. The number of hydrogen-bond donors (Lipinski definition) is 2. The third kappa shape index (κ3) is 3.12. The Morgan fingerprint density at radius 3 is 2.82 bits per heavy atom. The van der Waals surface area contributed by atoms with Gasteiger partial charge >= 0.3 is 6.18 Å². The van der Waals surface area contributed by atoms with Gasteiger partial charge in [-0.15, -0.1) is 0 Å². The van der Waals surface area contributed by atoms with Crippen molar-refractivity contribution in [1.29, 1.82) is 0 Å². The van der Waals surface area contributed by atoms with Crippen molar-refractivity contribution in [3.8, 4) is 0 Å². The fraction of sp³-hybridized carbons (Fsp3) is 0.364. The van der Waals surface area contributed by atoms with Crippen LogP contribution in [-0.4, -0.2) is 25.5 Å². The highest BCUT2D eigenvalue weighted by molar-refractivity contribution is 5.87. The second-order valence-corrected chi connectivity index (χ2v) is 3.69. The van der Waals surface area contributed by atoms with E-state index in [-0.39, 0.29) is 0 Å². The molecular formula is C11H12F3N3. The lowest BCUT2D eigenvalue weighted by Gasteiger charge is -2.10. The quantitative estimate of drug-likeness (QED) is 0.853. The van der Waals surface area contributed by atoms with E-state index in [1.807, 2.05) is 0 Å². The molecule has 0 amide bonds. The third-order valence-corrected chi connectivity index (χ3v) is 2.39. The SMILES string of the molecule is FC(F)(F)c1cccc(NCC2=NCCN2)c1. The van der Waals surface area contributed by atoms with Crippen LogP contribution in [0.1, 0.15) is 5.56 Å². The smallest absolute Gasteiger partial charge is 0.378 e. The number of nitrogens with zero attached hydrogens (tertiary/aromatic N) is 1.